The smallest absolute Gasteiger partial charge is 0.134 e. The topological polar surface area (TPSA) is 71.9 Å². The first kappa shape index (κ1) is 46.0. The third-order valence-electron chi connectivity index (χ3n) is 7.90. The minimum absolute atomic E-state index is 0.748. The average molecular weight is 859 g/mol. The van der Waals surface area contributed by atoms with Crippen LogP contribution >= 0.6 is 31.9 Å². The van der Waals surface area contributed by atoms with Gasteiger partial charge in [0.1, 0.15) is 23.0 Å². The number of aryl methyl sites for hydroxylation is 2. The van der Waals surface area contributed by atoms with Crippen LogP contribution < -0.4 is 18.9 Å². The Morgan fingerprint density at radius 1 is 0.528 bits per heavy atom. The molecule has 1 saturated heterocycles. The van der Waals surface area contributed by atoms with Crippen LogP contribution in [0, 0.1) is 13.8 Å². The Morgan fingerprint density at radius 2 is 0.887 bits per heavy atom. The number of pyridine rings is 2. The van der Waals surface area contributed by atoms with Crippen molar-refractivity contribution in [3.63, 3.8) is 0 Å². The second-order valence-corrected chi connectivity index (χ2v) is 14.4. The van der Waals surface area contributed by atoms with E-state index < -0.39 is 0 Å². The molecule has 53 heavy (non-hydrogen) atoms. The fourth-order valence-electron chi connectivity index (χ4n) is 4.65. The zero-order valence-corrected chi connectivity index (χ0v) is 36.1. The van der Waals surface area contributed by atoms with E-state index in [2.05, 4.69) is 95.5 Å². The molecule has 1 aliphatic heterocycles. The zero-order valence-electron chi connectivity index (χ0n) is 32.9. The SMILES string of the molecule is C1CCOC1.CCCCOc1cc(Br)c(OCCCC)cc1Br.CCCCOc1cc(C)c(OCCCC)cc1C.c1ccc(-c2ccccn2)nc1. The molecule has 0 atom stereocenters. The first-order chi connectivity index (χ1) is 25.8. The first-order valence-electron chi connectivity index (χ1n) is 19.4. The molecule has 292 valence electrons. The normalized spacial score (nSPS) is 11.5. The number of ether oxygens (including phenoxy) is 5. The van der Waals surface area contributed by atoms with E-state index in [1.807, 2.05) is 48.5 Å². The van der Waals surface area contributed by atoms with Crippen LogP contribution in [0.3, 0.4) is 0 Å². The Bertz CT molecular complexity index is 1320. The van der Waals surface area contributed by atoms with Gasteiger partial charge in [0.2, 0.25) is 0 Å². The standard InChI is InChI=1S/C16H26O2.C14H20Br2O2.C10H8N2.C4H8O/c1-5-7-9-17-15-11-14(4)16(12-13(15)3)18-10-8-6-2;1-3-5-7-17-13-9-12(16)14(10-11(13)15)18-8-6-4-2;1-3-7-11-9(5-1)10-6-2-4-8-12-10;1-2-4-5-3-1/h11-12H,5-10H2,1-4H3;9-10H,3-8H2,1-2H3;1-8H;1-4H2. The largest absolute Gasteiger partial charge is 0.493 e. The van der Waals surface area contributed by atoms with E-state index in [1.165, 1.54) is 12.8 Å². The molecule has 0 spiro atoms. The van der Waals surface area contributed by atoms with Crippen molar-refractivity contribution >= 4 is 31.9 Å². The molecule has 0 aliphatic carbocycles. The Labute approximate surface area is 336 Å². The molecule has 0 radical (unpaired) electrons. The lowest BCUT2D eigenvalue weighted by Crippen LogP contribution is -2.02. The lowest BCUT2D eigenvalue weighted by molar-refractivity contribution is 0.198. The van der Waals surface area contributed by atoms with Gasteiger partial charge in [0.05, 0.1) is 46.8 Å². The van der Waals surface area contributed by atoms with Gasteiger partial charge in [-0.15, -0.1) is 0 Å². The Kier molecular flexibility index (Phi) is 25.4. The highest BCUT2D eigenvalue weighted by molar-refractivity contribution is 9.11. The number of benzene rings is 2. The minimum Gasteiger partial charge on any atom is -0.493 e. The molecule has 2 aromatic heterocycles. The van der Waals surface area contributed by atoms with Crippen molar-refractivity contribution in [2.75, 3.05) is 39.6 Å². The molecule has 0 saturated carbocycles. The highest BCUT2D eigenvalue weighted by Crippen LogP contribution is 2.36. The zero-order chi connectivity index (χ0) is 38.5. The Balaban J connectivity index is 0.000000261. The van der Waals surface area contributed by atoms with Crippen LogP contribution in [0.2, 0.25) is 0 Å². The highest BCUT2D eigenvalue weighted by atomic mass is 79.9. The molecule has 0 unspecified atom stereocenters. The predicted molar refractivity (Wildman–Crippen MR) is 227 cm³/mol. The van der Waals surface area contributed by atoms with E-state index in [9.17, 15) is 0 Å². The second-order valence-electron chi connectivity index (χ2n) is 12.7. The van der Waals surface area contributed by atoms with Gasteiger partial charge in [-0.3, -0.25) is 9.97 Å². The molecule has 9 heteroatoms. The summed E-state index contributed by atoms with van der Waals surface area (Å²) >= 11 is 7.03. The van der Waals surface area contributed by atoms with Crippen molar-refractivity contribution in [3.8, 4) is 34.4 Å². The number of aromatic nitrogens is 2. The monoisotopic (exact) mass is 856 g/mol. The molecular weight excluding hydrogens is 796 g/mol. The third-order valence-corrected chi connectivity index (χ3v) is 9.14. The molecule has 2 aromatic carbocycles. The van der Waals surface area contributed by atoms with Crippen LogP contribution in [0.15, 0.2) is 82.0 Å². The molecule has 7 nitrogen and oxygen atoms in total. The molecule has 1 fully saturated rings. The van der Waals surface area contributed by atoms with E-state index in [1.54, 1.807) is 12.4 Å². The Hall–Kier alpha value is -3.14. The van der Waals surface area contributed by atoms with Crippen LogP contribution in [0.4, 0.5) is 0 Å². The predicted octanol–water partition coefficient (Wildman–Crippen LogP) is 13.2. The fraction of sp³-hybridized carbons (Fsp3) is 0.500. The van der Waals surface area contributed by atoms with Crippen LogP contribution in [-0.4, -0.2) is 49.6 Å². The van der Waals surface area contributed by atoms with Gasteiger partial charge in [-0.25, -0.2) is 0 Å². The van der Waals surface area contributed by atoms with Crippen molar-refractivity contribution in [1.29, 1.82) is 0 Å². The molecule has 4 aromatic rings. The van der Waals surface area contributed by atoms with Gasteiger partial charge >= 0.3 is 0 Å². The number of hydrogen-bond donors (Lipinski definition) is 0. The maximum atomic E-state index is 5.78. The quantitative estimate of drug-likeness (QED) is 0.0979. The number of hydrogen-bond acceptors (Lipinski definition) is 7. The summed E-state index contributed by atoms with van der Waals surface area (Å²) in [6.45, 7) is 17.9. The van der Waals surface area contributed by atoms with Gasteiger partial charge in [0, 0.05) is 25.6 Å². The van der Waals surface area contributed by atoms with Gasteiger partial charge in [0.15, 0.2) is 0 Å². The van der Waals surface area contributed by atoms with Crippen LogP contribution in [0.25, 0.3) is 11.4 Å². The number of unbranched alkanes of at least 4 members (excludes halogenated alkanes) is 4. The highest BCUT2D eigenvalue weighted by Gasteiger charge is 2.09. The molecule has 0 N–H and O–H groups in total. The van der Waals surface area contributed by atoms with E-state index >= 15 is 0 Å². The van der Waals surface area contributed by atoms with Crippen LogP contribution in [-0.2, 0) is 4.74 Å². The van der Waals surface area contributed by atoms with Gasteiger partial charge in [-0.1, -0.05) is 65.5 Å². The summed E-state index contributed by atoms with van der Waals surface area (Å²) in [4.78, 5) is 8.37. The maximum Gasteiger partial charge on any atom is 0.134 e. The molecule has 0 bridgehead atoms. The van der Waals surface area contributed by atoms with E-state index in [4.69, 9.17) is 23.7 Å². The summed E-state index contributed by atoms with van der Waals surface area (Å²) in [5.41, 5.74) is 4.14. The summed E-state index contributed by atoms with van der Waals surface area (Å²) in [5, 5.41) is 0. The summed E-state index contributed by atoms with van der Waals surface area (Å²) in [6, 6.07) is 19.7. The average Bonchev–Trinajstić information content (AvgIpc) is 3.78. The van der Waals surface area contributed by atoms with E-state index in [-0.39, 0.29) is 0 Å². The van der Waals surface area contributed by atoms with Crippen molar-refractivity contribution < 1.29 is 23.7 Å². The van der Waals surface area contributed by atoms with Crippen molar-refractivity contribution in [1.82, 2.24) is 9.97 Å². The Morgan fingerprint density at radius 3 is 1.17 bits per heavy atom. The van der Waals surface area contributed by atoms with Crippen molar-refractivity contribution in [2.45, 2.75) is 106 Å². The fourth-order valence-corrected chi connectivity index (χ4v) is 5.52. The summed E-state index contributed by atoms with van der Waals surface area (Å²) in [5.74, 6) is 3.70. The van der Waals surface area contributed by atoms with E-state index in [0.29, 0.717) is 0 Å². The molecule has 1 aliphatic rings. The number of halogens is 2. The molecule has 3 heterocycles. The lowest BCUT2D eigenvalue weighted by Gasteiger charge is -2.14. The van der Waals surface area contributed by atoms with Gasteiger partial charge < -0.3 is 23.7 Å². The number of nitrogens with zero attached hydrogens (tertiary/aromatic N) is 2. The molecule has 0 amide bonds. The number of rotatable bonds is 17. The van der Waals surface area contributed by atoms with Crippen molar-refractivity contribution in [3.05, 3.63) is 93.1 Å². The molecular formula is C44H62Br2N2O5. The minimum atomic E-state index is 0.748. The summed E-state index contributed by atoms with van der Waals surface area (Å²) in [7, 11) is 0. The van der Waals surface area contributed by atoms with Crippen molar-refractivity contribution in [2.24, 2.45) is 0 Å². The van der Waals surface area contributed by atoms with E-state index in [0.717, 1.165) is 145 Å². The van der Waals surface area contributed by atoms with Crippen LogP contribution in [0.5, 0.6) is 23.0 Å². The third kappa shape index (κ3) is 19.7. The second kappa shape index (κ2) is 29.2. The lowest BCUT2D eigenvalue weighted by atomic mass is 10.1. The first-order valence-corrected chi connectivity index (χ1v) is 20.9. The summed E-state index contributed by atoms with van der Waals surface area (Å²) in [6.07, 6.45) is 15.0. The summed E-state index contributed by atoms with van der Waals surface area (Å²) < 4.78 is 29.8. The molecule has 5 rings (SSSR count). The van der Waals surface area contributed by atoms with Gasteiger partial charge in [-0.05, 0) is 144 Å². The van der Waals surface area contributed by atoms with Gasteiger partial charge in [-0.2, -0.15) is 0 Å². The van der Waals surface area contributed by atoms with Gasteiger partial charge in [0.25, 0.3) is 0 Å². The maximum absolute atomic E-state index is 5.78. The van der Waals surface area contributed by atoms with Crippen LogP contribution in [0.1, 0.15) is 103 Å².